The van der Waals surface area contributed by atoms with E-state index in [9.17, 15) is 9.59 Å². The highest BCUT2D eigenvalue weighted by molar-refractivity contribution is 5.86. The average molecular weight is 239 g/mol. The van der Waals surface area contributed by atoms with Gasteiger partial charge in [0, 0.05) is 13.0 Å². The zero-order chi connectivity index (χ0) is 12.7. The summed E-state index contributed by atoms with van der Waals surface area (Å²) >= 11 is 0. The number of carboxylic acids is 1. The monoisotopic (exact) mass is 239 g/mol. The Morgan fingerprint density at radius 3 is 2.88 bits per heavy atom. The molecule has 5 nitrogen and oxygen atoms in total. The number of hydrogen-bond acceptors (Lipinski definition) is 3. The maximum absolute atomic E-state index is 11.7. The molecule has 2 atom stereocenters. The van der Waals surface area contributed by atoms with Crippen LogP contribution in [0.4, 0.5) is 0 Å². The van der Waals surface area contributed by atoms with Crippen molar-refractivity contribution in [3.63, 3.8) is 0 Å². The minimum Gasteiger partial charge on any atom is -0.480 e. The minimum atomic E-state index is -1.03. The predicted molar refractivity (Wildman–Crippen MR) is 61.2 cm³/mol. The number of aliphatic carboxylic acids is 1. The highest BCUT2D eigenvalue weighted by Gasteiger charge is 2.27. The number of hydrogen-bond donors (Lipinski definition) is 2. The van der Waals surface area contributed by atoms with Gasteiger partial charge in [-0.2, -0.15) is 0 Å². The lowest BCUT2D eigenvalue weighted by atomic mass is 10.1. The molecule has 17 heavy (non-hydrogen) atoms. The lowest BCUT2D eigenvalue weighted by Crippen LogP contribution is -2.45. The number of carbonyl (C=O) groups is 2. The van der Waals surface area contributed by atoms with Crippen LogP contribution >= 0.6 is 0 Å². The van der Waals surface area contributed by atoms with Crippen LogP contribution in [-0.4, -0.2) is 35.7 Å². The fourth-order valence-corrected chi connectivity index (χ4v) is 1.71. The molecule has 0 unspecified atom stereocenters. The van der Waals surface area contributed by atoms with Gasteiger partial charge >= 0.3 is 5.97 Å². The Balaban J connectivity index is 2.40. The van der Waals surface area contributed by atoms with Gasteiger partial charge in [-0.25, -0.2) is 4.79 Å². The second kappa shape index (κ2) is 6.92. The van der Waals surface area contributed by atoms with Crippen molar-refractivity contribution in [3.8, 4) is 12.3 Å². The average Bonchev–Trinajstić information content (AvgIpc) is 2.81. The van der Waals surface area contributed by atoms with Crippen LogP contribution in [-0.2, 0) is 14.3 Å². The van der Waals surface area contributed by atoms with E-state index >= 15 is 0 Å². The van der Waals surface area contributed by atoms with Crippen molar-refractivity contribution in [1.29, 1.82) is 0 Å². The first-order valence-corrected chi connectivity index (χ1v) is 5.73. The van der Waals surface area contributed by atoms with Gasteiger partial charge in [0.05, 0.1) is 0 Å². The molecule has 1 rings (SSSR count). The van der Waals surface area contributed by atoms with E-state index in [1.807, 2.05) is 0 Å². The third-order valence-electron chi connectivity index (χ3n) is 2.65. The van der Waals surface area contributed by atoms with E-state index in [0.29, 0.717) is 32.3 Å². The summed E-state index contributed by atoms with van der Waals surface area (Å²) < 4.78 is 5.18. The highest BCUT2D eigenvalue weighted by atomic mass is 16.5. The lowest BCUT2D eigenvalue weighted by Gasteiger charge is -2.16. The molecule has 0 bridgehead atoms. The van der Waals surface area contributed by atoms with Crippen LogP contribution in [0.3, 0.4) is 0 Å². The third-order valence-corrected chi connectivity index (χ3v) is 2.65. The van der Waals surface area contributed by atoms with Crippen LogP contribution < -0.4 is 5.32 Å². The van der Waals surface area contributed by atoms with Gasteiger partial charge in [0.1, 0.15) is 12.1 Å². The van der Waals surface area contributed by atoms with Crippen molar-refractivity contribution in [1.82, 2.24) is 5.32 Å². The van der Waals surface area contributed by atoms with Gasteiger partial charge in [-0.1, -0.05) is 0 Å². The topological polar surface area (TPSA) is 75.6 Å². The van der Waals surface area contributed by atoms with Crippen molar-refractivity contribution in [3.05, 3.63) is 0 Å². The van der Waals surface area contributed by atoms with E-state index in [1.165, 1.54) is 0 Å². The molecule has 0 aromatic heterocycles. The molecule has 0 radical (unpaired) electrons. The Bertz CT molecular complexity index is 315. The van der Waals surface area contributed by atoms with Crippen molar-refractivity contribution in [2.24, 2.45) is 0 Å². The van der Waals surface area contributed by atoms with Crippen LogP contribution in [0.25, 0.3) is 0 Å². The van der Waals surface area contributed by atoms with Crippen molar-refractivity contribution < 1.29 is 19.4 Å². The summed E-state index contributed by atoms with van der Waals surface area (Å²) in [5, 5.41) is 11.4. The lowest BCUT2D eigenvalue weighted by molar-refractivity contribution is -0.143. The molecule has 1 saturated heterocycles. The normalized spacial score (nSPS) is 20.5. The second-order valence-corrected chi connectivity index (χ2v) is 4.00. The number of amides is 1. The number of nitrogens with one attached hydrogen (secondary N) is 1. The van der Waals surface area contributed by atoms with Gasteiger partial charge < -0.3 is 15.2 Å². The van der Waals surface area contributed by atoms with Crippen LogP contribution in [0, 0.1) is 12.3 Å². The van der Waals surface area contributed by atoms with Crippen molar-refractivity contribution >= 4 is 11.9 Å². The third kappa shape index (κ3) is 4.45. The summed E-state index contributed by atoms with van der Waals surface area (Å²) in [7, 11) is 0. The van der Waals surface area contributed by atoms with Gasteiger partial charge in [0.2, 0.25) is 5.91 Å². The largest absolute Gasteiger partial charge is 0.480 e. The standard InChI is InChI=1S/C12H17NO4/c1-2-3-4-6-9(12(15)16)13-11(14)10-7-5-8-17-10/h1,9-10H,3-8H2,(H,13,14)(H,15,16)/t9-,10+/m0/s1. The molecule has 1 fully saturated rings. The molecule has 0 aromatic rings. The van der Waals surface area contributed by atoms with E-state index in [0.717, 1.165) is 6.42 Å². The Morgan fingerprint density at radius 2 is 2.35 bits per heavy atom. The molecule has 0 saturated carbocycles. The number of rotatable bonds is 6. The van der Waals surface area contributed by atoms with E-state index in [2.05, 4.69) is 11.2 Å². The van der Waals surface area contributed by atoms with Crippen molar-refractivity contribution in [2.75, 3.05) is 6.61 Å². The first-order valence-electron chi connectivity index (χ1n) is 5.73. The van der Waals surface area contributed by atoms with Crippen LogP contribution in [0.5, 0.6) is 0 Å². The summed E-state index contributed by atoms with van der Waals surface area (Å²) in [6, 6.07) is -0.875. The van der Waals surface area contributed by atoms with E-state index in [4.69, 9.17) is 16.3 Å². The zero-order valence-corrected chi connectivity index (χ0v) is 9.65. The number of carbonyl (C=O) groups excluding carboxylic acids is 1. The Morgan fingerprint density at radius 1 is 1.59 bits per heavy atom. The van der Waals surface area contributed by atoms with E-state index in [-0.39, 0.29) is 5.91 Å². The molecule has 1 heterocycles. The maximum atomic E-state index is 11.7. The Kier molecular flexibility index (Phi) is 5.50. The molecule has 0 aliphatic carbocycles. The second-order valence-electron chi connectivity index (χ2n) is 4.00. The minimum absolute atomic E-state index is 0.337. The maximum Gasteiger partial charge on any atom is 0.326 e. The van der Waals surface area contributed by atoms with Crippen LogP contribution in [0.2, 0.25) is 0 Å². The number of terminal acetylenes is 1. The number of unbranched alkanes of at least 4 members (excludes halogenated alkanes) is 1. The molecule has 1 amide bonds. The molecule has 2 N–H and O–H groups in total. The van der Waals surface area contributed by atoms with Gasteiger partial charge in [0.15, 0.2) is 0 Å². The number of ether oxygens (including phenoxy) is 1. The van der Waals surface area contributed by atoms with Gasteiger partial charge in [-0.3, -0.25) is 4.79 Å². The first kappa shape index (κ1) is 13.5. The highest BCUT2D eigenvalue weighted by Crippen LogP contribution is 2.12. The fraction of sp³-hybridized carbons (Fsp3) is 0.667. The molecule has 1 aliphatic heterocycles. The molecule has 94 valence electrons. The Hall–Kier alpha value is -1.54. The van der Waals surface area contributed by atoms with Crippen LogP contribution in [0.1, 0.15) is 32.1 Å². The fourth-order valence-electron chi connectivity index (χ4n) is 1.71. The van der Waals surface area contributed by atoms with Gasteiger partial charge in [-0.15, -0.1) is 12.3 Å². The van der Waals surface area contributed by atoms with Gasteiger partial charge in [0.25, 0.3) is 0 Å². The SMILES string of the molecule is C#CCCC[C@H](NC(=O)[C@H]1CCCO1)C(=O)O. The van der Waals surface area contributed by atoms with Gasteiger partial charge in [-0.05, 0) is 25.7 Å². The molecule has 0 aromatic carbocycles. The predicted octanol–water partition coefficient (Wildman–Crippen LogP) is 0.538. The van der Waals surface area contributed by atoms with E-state index < -0.39 is 18.1 Å². The molecule has 5 heteroatoms. The molecule has 1 aliphatic rings. The summed E-state index contributed by atoms with van der Waals surface area (Å²) in [6.07, 6.45) is 7.53. The zero-order valence-electron chi connectivity index (χ0n) is 9.65. The van der Waals surface area contributed by atoms with Crippen LogP contribution in [0.15, 0.2) is 0 Å². The quantitative estimate of drug-likeness (QED) is 0.524. The smallest absolute Gasteiger partial charge is 0.326 e. The summed E-state index contributed by atoms with van der Waals surface area (Å²) in [5.74, 6) is 1.07. The molecular weight excluding hydrogens is 222 g/mol. The summed E-state index contributed by atoms with van der Waals surface area (Å²) in [6.45, 7) is 0.562. The Labute approximate surface area is 101 Å². The summed E-state index contributed by atoms with van der Waals surface area (Å²) in [4.78, 5) is 22.6. The van der Waals surface area contributed by atoms with Crippen molar-refractivity contribution in [2.45, 2.75) is 44.2 Å². The van der Waals surface area contributed by atoms with E-state index in [1.54, 1.807) is 0 Å². The molecule has 0 spiro atoms. The summed E-state index contributed by atoms with van der Waals surface area (Å²) in [5.41, 5.74) is 0. The molecular formula is C12H17NO4. The number of carboxylic acid groups (broad SMARTS) is 1. The first-order chi connectivity index (χ1) is 8.15.